The van der Waals surface area contributed by atoms with Crippen molar-refractivity contribution in [1.29, 1.82) is 0 Å². The van der Waals surface area contributed by atoms with Gasteiger partial charge in [-0.05, 0) is 121 Å². The van der Waals surface area contributed by atoms with Crippen LogP contribution < -0.4 is 28.7 Å². The van der Waals surface area contributed by atoms with E-state index in [1.54, 1.807) is 52.7 Å². The molecule has 11 nitrogen and oxygen atoms in total. The van der Waals surface area contributed by atoms with E-state index in [0.717, 1.165) is 33.4 Å². The van der Waals surface area contributed by atoms with E-state index in [2.05, 4.69) is 0 Å². The number of ether oxygens (including phenoxy) is 4. The van der Waals surface area contributed by atoms with Crippen molar-refractivity contribution in [2.75, 3.05) is 38.2 Å². The van der Waals surface area contributed by atoms with E-state index in [1.807, 2.05) is 117 Å². The van der Waals surface area contributed by atoms with E-state index in [-0.39, 0.29) is 35.8 Å². The Balaban J connectivity index is 1.01. The summed E-state index contributed by atoms with van der Waals surface area (Å²) in [6.07, 6.45) is 10.3. The predicted molar refractivity (Wildman–Crippen MR) is 250 cm³/mol. The maximum absolute atomic E-state index is 14.8. The Labute approximate surface area is 378 Å². The van der Waals surface area contributed by atoms with Gasteiger partial charge in [-0.15, -0.1) is 0 Å². The second kappa shape index (κ2) is 17.3. The first-order chi connectivity index (χ1) is 31.4. The summed E-state index contributed by atoms with van der Waals surface area (Å²) >= 11 is 0. The van der Waals surface area contributed by atoms with Crippen LogP contribution in [-0.2, 0) is 19.2 Å². The number of carbonyl (C=O) groups is 4. The van der Waals surface area contributed by atoms with E-state index >= 15 is 0 Å². The number of anilines is 2. The highest BCUT2D eigenvalue weighted by molar-refractivity contribution is 6.24. The number of allylic oxidation sites excluding steroid dienone is 2. The van der Waals surface area contributed by atoms with Gasteiger partial charge >= 0.3 is 0 Å². The maximum atomic E-state index is 14.8. The Morgan fingerprint density at radius 2 is 1.02 bits per heavy atom. The minimum Gasteiger partial charge on any atom is -0.507 e. The van der Waals surface area contributed by atoms with Gasteiger partial charge in [0.05, 0.1) is 63.5 Å². The third-order valence-electron chi connectivity index (χ3n) is 13.6. The van der Waals surface area contributed by atoms with Gasteiger partial charge in [0.1, 0.15) is 28.7 Å². The van der Waals surface area contributed by atoms with Crippen LogP contribution in [0.3, 0.4) is 0 Å². The third kappa shape index (κ3) is 7.54. The van der Waals surface area contributed by atoms with Gasteiger partial charge in [0.15, 0.2) is 0 Å². The number of amides is 4. The van der Waals surface area contributed by atoms with Crippen LogP contribution in [0.4, 0.5) is 11.4 Å². The molecule has 65 heavy (non-hydrogen) atoms. The first kappa shape index (κ1) is 42.9. The molecule has 11 heteroatoms. The lowest BCUT2D eigenvalue weighted by atomic mass is 9.57. The van der Waals surface area contributed by atoms with Crippen LogP contribution in [0.1, 0.15) is 57.7 Å². The van der Waals surface area contributed by atoms with Gasteiger partial charge in [-0.2, -0.15) is 0 Å². The molecule has 6 atom stereocenters. The molecule has 1 N–H and O–H groups in total. The summed E-state index contributed by atoms with van der Waals surface area (Å²) in [6.45, 7) is 3.63. The summed E-state index contributed by atoms with van der Waals surface area (Å²) in [5.41, 5.74) is 7.27. The number of benzene rings is 5. The smallest absolute Gasteiger partial charge is 0.238 e. The molecule has 5 aromatic rings. The van der Waals surface area contributed by atoms with Crippen LogP contribution in [0.25, 0.3) is 24.3 Å². The van der Waals surface area contributed by atoms with Gasteiger partial charge in [0.2, 0.25) is 23.6 Å². The summed E-state index contributed by atoms with van der Waals surface area (Å²) in [7, 11) is 6.43. The standard InChI is InChI=1S/C54H50N2O9/c1-30-25-36(26-31(2)50(30)57)47-41-21-22-42-48(53(60)55(51(42)58)37-15-9-32(10-16-37)7-13-34-27-39(62-3)19-23-45(34)64-5)43(41)29-44-49(47)54(61)56(52(44)59)38-17-11-33(12-18-38)8-14-35-28-40(63-4)20-24-46(35)65-6/h7-21,23-28,42-44,47-49,57H,22,29H2,1-6H3. The van der Waals surface area contributed by atoms with E-state index in [1.165, 1.54) is 9.80 Å². The summed E-state index contributed by atoms with van der Waals surface area (Å²) in [5.74, 6) is -2.11. The summed E-state index contributed by atoms with van der Waals surface area (Å²) in [5, 5.41) is 10.8. The number of hydrogen-bond acceptors (Lipinski definition) is 9. The van der Waals surface area contributed by atoms with Crippen LogP contribution >= 0.6 is 0 Å². The Hall–Kier alpha value is -7.40. The predicted octanol–water partition coefficient (Wildman–Crippen LogP) is 9.43. The van der Waals surface area contributed by atoms with Crippen molar-refractivity contribution in [3.63, 3.8) is 0 Å². The highest BCUT2D eigenvalue weighted by atomic mass is 16.5. The molecule has 2 aliphatic heterocycles. The average Bonchev–Trinajstić information content (AvgIpc) is 3.74. The van der Waals surface area contributed by atoms with Gasteiger partial charge in [-0.1, -0.05) is 72.4 Å². The third-order valence-corrected chi connectivity index (χ3v) is 13.6. The number of phenols is 1. The first-order valence-electron chi connectivity index (χ1n) is 21.7. The average molecular weight is 871 g/mol. The van der Waals surface area contributed by atoms with Crippen LogP contribution in [0.5, 0.6) is 28.7 Å². The first-order valence-corrected chi connectivity index (χ1v) is 21.7. The molecule has 2 saturated heterocycles. The molecule has 9 rings (SSSR count). The minimum absolute atomic E-state index is 0.165. The van der Waals surface area contributed by atoms with Gasteiger partial charge < -0.3 is 24.1 Å². The second-order valence-electron chi connectivity index (χ2n) is 17.1. The molecular weight excluding hydrogens is 821 g/mol. The highest BCUT2D eigenvalue weighted by Gasteiger charge is 2.62. The zero-order chi connectivity index (χ0) is 45.7. The second-order valence-corrected chi connectivity index (χ2v) is 17.1. The number of aryl methyl sites for hydroxylation is 2. The summed E-state index contributed by atoms with van der Waals surface area (Å²) in [6, 6.07) is 29.4. The molecule has 1 saturated carbocycles. The molecule has 0 spiro atoms. The van der Waals surface area contributed by atoms with Crippen molar-refractivity contribution in [2.45, 2.75) is 32.6 Å². The Morgan fingerprint density at radius 3 is 1.49 bits per heavy atom. The molecule has 5 aromatic carbocycles. The molecule has 2 aliphatic carbocycles. The van der Waals surface area contributed by atoms with Crippen molar-refractivity contribution in [2.24, 2.45) is 29.6 Å². The fourth-order valence-electron chi connectivity index (χ4n) is 10.4. The molecular formula is C54H50N2O9. The van der Waals surface area contributed by atoms with E-state index in [9.17, 15) is 24.3 Å². The minimum atomic E-state index is -0.745. The largest absolute Gasteiger partial charge is 0.507 e. The van der Waals surface area contributed by atoms with Crippen molar-refractivity contribution in [1.82, 2.24) is 0 Å². The zero-order valence-electron chi connectivity index (χ0n) is 37.1. The molecule has 0 aromatic heterocycles. The lowest BCUT2D eigenvalue weighted by Gasteiger charge is -2.44. The molecule has 0 bridgehead atoms. The van der Waals surface area contributed by atoms with Crippen LogP contribution in [0, 0.1) is 43.4 Å². The van der Waals surface area contributed by atoms with Gasteiger partial charge in [-0.25, -0.2) is 0 Å². The zero-order valence-corrected chi connectivity index (χ0v) is 37.1. The van der Waals surface area contributed by atoms with E-state index < -0.39 is 35.5 Å². The number of fused-ring (bicyclic) bond motifs is 4. The number of aromatic hydroxyl groups is 1. The lowest BCUT2D eigenvalue weighted by molar-refractivity contribution is -0.126. The van der Waals surface area contributed by atoms with Gasteiger partial charge in [-0.3, -0.25) is 29.0 Å². The molecule has 0 radical (unpaired) electrons. The monoisotopic (exact) mass is 870 g/mol. The van der Waals surface area contributed by atoms with E-state index in [0.29, 0.717) is 51.9 Å². The molecule has 3 fully saturated rings. The number of methoxy groups -OCH3 is 4. The van der Waals surface area contributed by atoms with E-state index in [4.69, 9.17) is 18.9 Å². The Morgan fingerprint density at radius 1 is 0.538 bits per heavy atom. The topological polar surface area (TPSA) is 132 Å². The Kier molecular flexibility index (Phi) is 11.4. The number of nitrogens with zero attached hydrogens (tertiary/aromatic N) is 2. The SMILES string of the molecule is COc1ccc(OC)c(C=Cc2ccc(N3C(=O)C4CC=C5C(CC6C(=O)N(c7ccc(C=Cc8cc(OC)ccc8OC)cc7)C(=O)C6C5c5cc(C)c(O)c(C)c5)C4C3=O)cc2)c1. The fourth-order valence-corrected chi connectivity index (χ4v) is 10.4. The molecule has 4 amide bonds. The summed E-state index contributed by atoms with van der Waals surface area (Å²) in [4.78, 5) is 61.1. The van der Waals surface area contributed by atoms with Crippen molar-refractivity contribution < 1.29 is 43.2 Å². The van der Waals surface area contributed by atoms with Crippen molar-refractivity contribution in [3.8, 4) is 28.7 Å². The van der Waals surface area contributed by atoms with Crippen molar-refractivity contribution in [3.05, 3.63) is 148 Å². The van der Waals surface area contributed by atoms with Gasteiger partial charge in [0.25, 0.3) is 0 Å². The normalized spacial score (nSPS) is 22.6. The van der Waals surface area contributed by atoms with Crippen LogP contribution in [0.2, 0.25) is 0 Å². The van der Waals surface area contributed by atoms with Crippen molar-refractivity contribution >= 4 is 59.3 Å². The number of carbonyl (C=O) groups excluding carboxylic acids is 4. The maximum Gasteiger partial charge on any atom is 0.238 e. The summed E-state index contributed by atoms with van der Waals surface area (Å²) < 4.78 is 21.8. The fraction of sp³-hybridized carbons (Fsp3) is 0.259. The quantitative estimate of drug-likeness (QED) is 0.0784. The molecule has 330 valence electrons. The number of rotatable bonds is 11. The Bertz CT molecular complexity index is 2800. The number of phenolic OH excluding ortho intramolecular Hbond substituents is 1. The van der Waals surface area contributed by atoms with Crippen LogP contribution in [0.15, 0.2) is 109 Å². The molecule has 4 aliphatic rings. The number of imide groups is 2. The lowest BCUT2D eigenvalue weighted by Crippen LogP contribution is -2.43. The highest BCUT2D eigenvalue weighted by Crippen LogP contribution is 2.59. The van der Waals surface area contributed by atoms with Gasteiger partial charge in [0, 0.05) is 17.0 Å². The molecule has 6 unspecified atom stereocenters. The van der Waals surface area contributed by atoms with Crippen LogP contribution in [-0.4, -0.2) is 57.2 Å². The molecule has 2 heterocycles. The number of hydrogen-bond donors (Lipinski definition) is 1.